The quantitative estimate of drug-likeness (QED) is 0.834. The number of ether oxygens (including phenoxy) is 1. The van der Waals surface area contributed by atoms with Crippen LogP contribution in [0.25, 0.3) is 0 Å². The Morgan fingerprint density at radius 3 is 2.53 bits per heavy atom. The SMILES string of the molecule is COC(=O)c1ccc(C(C)N2C(=O)CNC2C)cc1. The van der Waals surface area contributed by atoms with E-state index in [9.17, 15) is 9.59 Å². The van der Waals surface area contributed by atoms with E-state index >= 15 is 0 Å². The van der Waals surface area contributed by atoms with Crippen molar-refractivity contribution < 1.29 is 14.3 Å². The molecule has 1 amide bonds. The Morgan fingerprint density at radius 2 is 2.05 bits per heavy atom. The van der Waals surface area contributed by atoms with Gasteiger partial charge in [0.2, 0.25) is 5.91 Å². The van der Waals surface area contributed by atoms with Gasteiger partial charge in [-0.05, 0) is 31.5 Å². The molecule has 1 aliphatic rings. The summed E-state index contributed by atoms with van der Waals surface area (Å²) in [6, 6.07) is 7.13. The molecule has 0 aliphatic carbocycles. The average molecular weight is 262 g/mol. The van der Waals surface area contributed by atoms with Gasteiger partial charge >= 0.3 is 5.97 Å². The largest absolute Gasteiger partial charge is 0.465 e. The van der Waals surface area contributed by atoms with Gasteiger partial charge in [0.15, 0.2) is 0 Å². The van der Waals surface area contributed by atoms with Crippen LogP contribution in [-0.2, 0) is 9.53 Å². The van der Waals surface area contributed by atoms with E-state index in [4.69, 9.17) is 0 Å². The monoisotopic (exact) mass is 262 g/mol. The zero-order valence-electron chi connectivity index (χ0n) is 11.3. The highest BCUT2D eigenvalue weighted by molar-refractivity contribution is 5.89. The first kappa shape index (κ1) is 13.5. The van der Waals surface area contributed by atoms with E-state index in [1.807, 2.05) is 30.9 Å². The second kappa shape index (κ2) is 5.40. The summed E-state index contributed by atoms with van der Waals surface area (Å²) in [6.45, 7) is 4.32. The third kappa shape index (κ3) is 2.61. The predicted molar refractivity (Wildman–Crippen MR) is 70.5 cm³/mol. The third-order valence-electron chi connectivity index (χ3n) is 3.49. The molecule has 2 unspecified atom stereocenters. The van der Waals surface area contributed by atoms with Crippen LogP contribution in [0.15, 0.2) is 24.3 Å². The van der Waals surface area contributed by atoms with Crippen molar-refractivity contribution in [2.75, 3.05) is 13.7 Å². The summed E-state index contributed by atoms with van der Waals surface area (Å²) in [7, 11) is 1.36. The smallest absolute Gasteiger partial charge is 0.337 e. The van der Waals surface area contributed by atoms with Crippen molar-refractivity contribution in [2.45, 2.75) is 26.1 Å². The summed E-state index contributed by atoms with van der Waals surface area (Å²) in [6.07, 6.45) is 0.0304. The Labute approximate surface area is 112 Å². The van der Waals surface area contributed by atoms with Gasteiger partial charge in [-0.2, -0.15) is 0 Å². The van der Waals surface area contributed by atoms with Gasteiger partial charge in [-0.15, -0.1) is 0 Å². The van der Waals surface area contributed by atoms with Crippen molar-refractivity contribution in [1.82, 2.24) is 10.2 Å². The first-order valence-corrected chi connectivity index (χ1v) is 6.27. The number of esters is 1. The van der Waals surface area contributed by atoms with Crippen molar-refractivity contribution in [3.8, 4) is 0 Å². The first-order valence-electron chi connectivity index (χ1n) is 6.27. The van der Waals surface area contributed by atoms with E-state index in [1.165, 1.54) is 7.11 Å². The zero-order valence-corrected chi connectivity index (χ0v) is 11.3. The highest BCUT2D eigenvalue weighted by Gasteiger charge is 2.31. The molecule has 2 atom stereocenters. The van der Waals surface area contributed by atoms with Crippen LogP contribution in [0.3, 0.4) is 0 Å². The molecule has 1 aliphatic heterocycles. The maximum absolute atomic E-state index is 11.8. The molecule has 0 radical (unpaired) electrons. The van der Waals surface area contributed by atoms with E-state index in [-0.39, 0.29) is 24.1 Å². The Kier molecular flexibility index (Phi) is 3.85. The normalized spacial score (nSPS) is 20.5. The second-order valence-electron chi connectivity index (χ2n) is 4.65. The van der Waals surface area contributed by atoms with Gasteiger partial charge in [-0.25, -0.2) is 4.79 Å². The van der Waals surface area contributed by atoms with Crippen LogP contribution in [0.5, 0.6) is 0 Å². The molecule has 0 bridgehead atoms. The third-order valence-corrected chi connectivity index (χ3v) is 3.49. The summed E-state index contributed by atoms with van der Waals surface area (Å²) < 4.78 is 4.66. The van der Waals surface area contributed by atoms with E-state index in [0.29, 0.717) is 12.1 Å². The number of carbonyl (C=O) groups is 2. The molecule has 1 saturated heterocycles. The molecule has 5 nitrogen and oxygen atoms in total. The number of nitrogens with zero attached hydrogens (tertiary/aromatic N) is 1. The van der Waals surface area contributed by atoms with Crippen LogP contribution in [0.2, 0.25) is 0 Å². The van der Waals surface area contributed by atoms with Gasteiger partial charge in [0.1, 0.15) is 0 Å². The topological polar surface area (TPSA) is 58.6 Å². The summed E-state index contributed by atoms with van der Waals surface area (Å²) >= 11 is 0. The minimum absolute atomic E-state index is 0.0239. The molecular formula is C14H18N2O3. The Bertz CT molecular complexity index is 484. The summed E-state index contributed by atoms with van der Waals surface area (Å²) in [5.41, 5.74) is 1.51. The molecule has 1 heterocycles. The molecule has 102 valence electrons. The molecule has 1 aromatic carbocycles. The lowest BCUT2D eigenvalue weighted by molar-refractivity contribution is -0.129. The number of benzene rings is 1. The Balaban J connectivity index is 2.18. The maximum atomic E-state index is 11.8. The summed E-state index contributed by atoms with van der Waals surface area (Å²) in [5, 5.41) is 3.11. The van der Waals surface area contributed by atoms with Crippen LogP contribution in [0.1, 0.15) is 35.8 Å². The minimum Gasteiger partial charge on any atom is -0.465 e. The lowest BCUT2D eigenvalue weighted by Crippen LogP contribution is -2.36. The highest BCUT2D eigenvalue weighted by Crippen LogP contribution is 2.24. The van der Waals surface area contributed by atoms with Crippen LogP contribution in [0, 0.1) is 0 Å². The molecular weight excluding hydrogens is 244 g/mol. The highest BCUT2D eigenvalue weighted by atomic mass is 16.5. The molecule has 1 fully saturated rings. The fraction of sp³-hybridized carbons (Fsp3) is 0.429. The predicted octanol–water partition coefficient (Wildman–Crippen LogP) is 1.31. The number of nitrogens with one attached hydrogen (secondary N) is 1. The lowest BCUT2D eigenvalue weighted by atomic mass is 10.0. The average Bonchev–Trinajstić information content (AvgIpc) is 2.77. The van der Waals surface area contributed by atoms with Gasteiger partial charge < -0.3 is 9.64 Å². The van der Waals surface area contributed by atoms with Gasteiger partial charge in [-0.1, -0.05) is 12.1 Å². The van der Waals surface area contributed by atoms with Crippen LogP contribution >= 0.6 is 0 Å². The fourth-order valence-corrected chi connectivity index (χ4v) is 2.37. The number of methoxy groups -OCH3 is 1. The second-order valence-corrected chi connectivity index (χ2v) is 4.65. The molecule has 1 N–H and O–H groups in total. The summed E-state index contributed by atoms with van der Waals surface area (Å²) in [4.78, 5) is 25.0. The molecule has 2 rings (SSSR count). The van der Waals surface area contributed by atoms with E-state index in [0.717, 1.165) is 5.56 Å². The van der Waals surface area contributed by atoms with E-state index < -0.39 is 0 Å². The number of carbonyl (C=O) groups excluding carboxylic acids is 2. The number of amides is 1. The molecule has 0 saturated carbocycles. The van der Waals surface area contributed by atoms with Crippen molar-refractivity contribution >= 4 is 11.9 Å². The van der Waals surface area contributed by atoms with Crippen molar-refractivity contribution in [2.24, 2.45) is 0 Å². The number of rotatable bonds is 3. The minimum atomic E-state index is -0.355. The number of hydrogen-bond acceptors (Lipinski definition) is 4. The van der Waals surface area contributed by atoms with Crippen molar-refractivity contribution in [3.05, 3.63) is 35.4 Å². The lowest BCUT2D eigenvalue weighted by Gasteiger charge is -2.28. The van der Waals surface area contributed by atoms with Crippen molar-refractivity contribution in [1.29, 1.82) is 0 Å². The van der Waals surface area contributed by atoms with Gasteiger partial charge in [0.25, 0.3) is 0 Å². The molecule has 1 aromatic rings. The van der Waals surface area contributed by atoms with Crippen LogP contribution < -0.4 is 5.32 Å². The van der Waals surface area contributed by atoms with E-state index in [2.05, 4.69) is 10.1 Å². The van der Waals surface area contributed by atoms with Gasteiger partial charge in [0, 0.05) is 0 Å². The Hall–Kier alpha value is -1.88. The van der Waals surface area contributed by atoms with Gasteiger partial charge in [0.05, 0.1) is 31.4 Å². The summed E-state index contributed by atoms with van der Waals surface area (Å²) in [5.74, 6) is -0.261. The van der Waals surface area contributed by atoms with Crippen molar-refractivity contribution in [3.63, 3.8) is 0 Å². The molecule has 0 aromatic heterocycles. The first-order chi connectivity index (χ1) is 9.04. The molecule has 5 heteroatoms. The maximum Gasteiger partial charge on any atom is 0.337 e. The van der Waals surface area contributed by atoms with E-state index in [1.54, 1.807) is 12.1 Å². The van der Waals surface area contributed by atoms with Crippen LogP contribution in [0.4, 0.5) is 0 Å². The number of hydrogen-bond donors (Lipinski definition) is 1. The zero-order chi connectivity index (χ0) is 14.0. The van der Waals surface area contributed by atoms with Gasteiger partial charge in [-0.3, -0.25) is 10.1 Å². The Morgan fingerprint density at radius 1 is 1.42 bits per heavy atom. The fourth-order valence-electron chi connectivity index (χ4n) is 2.37. The van der Waals surface area contributed by atoms with Crippen LogP contribution in [-0.4, -0.2) is 36.6 Å². The standard InChI is InChI=1S/C14H18N2O3/c1-9(16-10(2)15-8-13(16)17)11-4-6-12(7-5-11)14(18)19-3/h4-7,9-10,15H,8H2,1-3H3. The molecule has 19 heavy (non-hydrogen) atoms. The molecule has 0 spiro atoms.